The van der Waals surface area contributed by atoms with Gasteiger partial charge >= 0.3 is 0 Å². The normalized spacial score (nSPS) is 30.4. The number of carbonyl (C=O) groups excluding carboxylic acids is 1. The molecule has 110 valence electrons. The van der Waals surface area contributed by atoms with Crippen molar-refractivity contribution in [2.75, 3.05) is 0 Å². The number of aliphatic imine (C=N–C) groups is 1. The van der Waals surface area contributed by atoms with E-state index in [1.54, 1.807) is 11.8 Å². The molecule has 1 aliphatic carbocycles. The van der Waals surface area contributed by atoms with Gasteiger partial charge in [-0.3, -0.25) is 9.79 Å². The zero-order valence-corrected chi connectivity index (χ0v) is 13.1. The SMILES string of the molecule is CCC(C)C1SC(=N[C@@H](C)C2CCCCC2)NC1=O.[HH]. The summed E-state index contributed by atoms with van der Waals surface area (Å²) >= 11 is 1.63. The monoisotopic (exact) mass is 284 g/mol. The Balaban J connectivity index is 0.00000200. The van der Waals surface area contributed by atoms with Gasteiger partial charge in [0.2, 0.25) is 5.91 Å². The van der Waals surface area contributed by atoms with Crippen molar-refractivity contribution in [2.45, 2.75) is 70.6 Å². The Bertz CT molecular complexity index is 356. The van der Waals surface area contributed by atoms with Crippen LogP contribution in [0, 0.1) is 11.8 Å². The van der Waals surface area contributed by atoms with Gasteiger partial charge in [-0.25, -0.2) is 0 Å². The van der Waals surface area contributed by atoms with Crippen LogP contribution in [0.2, 0.25) is 0 Å². The standard InChI is InChI=1S/C15H26N2OS.H2/c1-4-10(2)13-14(18)17-15(19-13)16-11(3)12-8-6-5-7-9-12;/h10-13H,4-9H2,1-3H3,(H,16,17,18);1H/t10?,11-,13?;/m0./s1. The lowest BCUT2D eigenvalue weighted by atomic mass is 9.85. The summed E-state index contributed by atoms with van der Waals surface area (Å²) < 4.78 is 0. The minimum Gasteiger partial charge on any atom is -0.304 e. The van der Waals surface area contributed by atoms with Crippen LogP contribution in [0.5, 0.6) is 0 Å². The minimum absolute atomic E-state index is 0. The van der Waals surface area contributed by atoms with Crippen LogP contribution >= 0.6 is 11.8 Å². The van der Waals surface area contributed by atoms with Gasteiger partial charge in [0.15, 0.2) is 5.17 Å². The van der Waals surface area contributed by atoms with E-state index in [0.717, 1.165) is 11.6 Å². The molecule has 1 saturated heterocycles. The van der Waals surface area contributed by atoms with E-state index in [1.807, 2.05) is 0 Å². The zero-order valence-electron chi connectivity index (χ0n) is 12.3. The molecule has 0 aromatic carbocycles. The first-order valence-corrected chi connectivity index (χ1v) is 8.55. The molecule has 3 nitrogen and oxygen atoms in total. The number of nitrogens with zero attached hydrogens (tertiary/aromatic N) is 1. The number of thioether (sulfide) groups is 1. The van der Waals surface area contributed by atoms with Crippen molar-refractivity contribution in [3.05, 3.63) is 0 Å². The lowest BCUT2D eigenvalue weighted by Crippen LogP contribution is -2.29. The van der Waals surface area contributed by atoms with E-state index in [-0.39, 0.29) is 12.6 Å². The first-order chi connectivity index (χ1) is 9.11. The quantitative estimate of drug-likeness (QED) is 0.852. The van der Waals surface area contributed by atoms with E-state index >= 15 is 0 Å². The molecule has 1 heterocycles. The molecule has 19 heavy (non-hydrogen) atoms. The fraction of sp³-hybridized carbons (Fsp3) is 0.867. The lowest BCUT2D eigenvalue weighted by molar-refractivity contribution is -0.119. The fourth-order valence-electron chi connectivity index (χ4n) is 2.94. The summed E-state index contributed by atoms with van der Waals surface area (Å²) in [6.45, 7) is 6.48. The molecule has 0 spiro atoms. The van der Waals surface area contributed by atoms with Crippen LogP contribution in [0.25, 0.3) is 0 Å². The highest BCUT2D eigenvalue weighted by Gasteiger charge is 2.34. The molecule has 1 amide bonds. The van der Waals surface area contributed by atoms with Crippen LogP contribution in [0.15, 0.2) is 4.99 Å². The molecule has 0 bridgehead atoms. The maximum atomic E-state index is 11.9. The van der Waals surface area contributed by atoms with Crippen LogP contribution in [-0.4, -0.2) is 22.4 Å². The van der Waals surface area contributed by atoms with E-state index in [1.165, 1.54) is 32.1 Å². The number of nitrogens with one attached hydrogen (secondary N) is 1. The molecule has 2 rings (SSSR count). The third-order valence-corrected chi connectivity index (χ3v) is 5.90. The third kappa shape index (κ3) is 3.74. The maximum Gasteiger partial charge on any atom is 0.239 e. The van der Waals surface area contributed by atoms with Gasteiger partial charge in [-0.2, -0.15) is 0 Å². The average molecular weight is 284 g/mol. The van der Waals surface area contributed by atoms with Gasteiger partial charge in [0.05, 0.1) is 11.3 Å². The Kier molecular flexibility index (Phi) is 5.31. The van der Waals surface area contributed by atoms with Crippen LogP contribution in [-0.2, 0) is 4.79 Å². The summed E-state index contributed by atoms with van der Waals surface area (Å²) in [7, 11) is 0. The molecule has 1 saturated carbocycles. The van der Waals surface area contributed by atoms with Gasteiger partial charge in [-0.15, -0.1) is 0 Å². The topological polar surface area (TPSA) is 41.5 Å². The van der Waals surface area contributed by atoms with Crippen molar-refractivity contribution in [3.8, 4) is 0 Å². The first-order valence-electron chi connectivity index (χ1n) is 7.67. The van der Waals surface area contributed by atoms with E-state index in [0.29, 0.717) is 17.9 Å². The van der Waals surface area contributed by atoms with Gasteiger partial charge < -0.3 is 5.32 Å². The Hall–Kier alpha value is -0.510. The molecule has 0 radical (unpaired) electrons. The van der Waals surface area contributed by atoms with Crippen molar-refractivity contribution < 1.29 is 6.22 Å². The number of carbonyl (C=O) groups is 1. The van der Waals surface area contributed by atoms with Gasteiger partial charge in [-0.1, -0.05) is 51.3 Å². The molecule has 0 aromatic rings. The number of rotatable bonds is 4. The van der Waals surface area contributed by atoms with Gasteiger partial charge in [0.1, 0.15) is 0 Å². The van der Waals surface area contributed by atoms with Crippen LogP contribution in [0.4, 0.5) is 0 Å². The molecule has 4 heteroatoms. The summed E-state index contributed by atoms with van der Waals surface area (Å²) in [4.78, 5) is 16.7. The van der Waals surface area contributed by atoms with Crippen LogP contribution in [0.3, 0.4) is 0 Å². The van der Waals surface area contributed by atoms with Crippen molar-refractivity contribution in [3.63, 3.8) is 0 Å². The van der Waals surface area contributed by atoms with E-state index in [2.05, 4.69) is 26.1 Å². The molecule has 2 aliphatic rings. The zero-order chi connectivity index (χ0) is 13.8. The predicted molar refractivity (Wildman–Crippen MR) is 84.6 cm³/mol. The smallest absolute Gasteiger partial charge is 0.239 e. The van der Waals surface area contributed by atoms with E-state index in [9.17, 15) is 4.79 Å². The molecule has 0 aromatic heterocycles. The lowest BCUT2D eigenvalue weighted by Gasteiger charge is -2.25. The Morgan fingerprint density at radius 2 is 2.05 bits per heavy atom. The summed E-state index contributed by atoms with van der Waals surface area (Å²) in [5.74, 6) is 1.28. The van der Waals surface area contributed by atoms with Crippen LogP contribution in [0.1, 0.15) is 60.7 Å². The highest BCUT2D eigenvalue weighted by Crippen LogP contribution is 2.31. The number of hydrogen-bond donors (Lipinski definition) is 1. The molecule has 3 atom stereocenters. The number of hydrogen-bond acceptors (Lipinski definition) is 3. The van der Waals surface area contributed by atoms with Crippen molar-refractivity contribution in [1.82, 2.24) is 5.32 Å². The minimum atomic E-state index is 0. The highest BCUT2D eigenvalue weighted by molar-refractivity contribution is 8.15. The van der Waals surface area contributed by atoms with E-state index < -0.39 is 0 Å². The average Bonchev–Trinajstić information content (AvgIpc) is 2.79. The van der Waals surface area contributed by atoms with Gasteiger partial charge in [0.25, 0.3) is 0 Å². The first kappa shape index (κ1) is 14.9. The summed E-state index contributed by atoms with van der Waals surface area (Å²) in [6.07, 6.45) is 7.69. The van der Waals surface area contributed by atoms with E-state index in [4.69, 9.17) is 4.99 Å². The van der Waals surface area contributed by atoms with Crippen molar-refractivity contribution in [2.24, 2.45) is 16.8 Å². The largest absolute Gasteiger partial charge is 0.304 e. The summed E-state index contributed by atoms with van der Waals surface area (Å²) in [6, 6.07) is 0.346. The molecule has 1 aliphatic heterocycles. The maximum absolute atomic E-state index is 11.9. The second-order valence-corrected chi connectivity index (χ2v) is 7.12. The Morgan fingerprint density at radius 1 is 1.37 bits per heavy atom. The van der Waals surface area contributed by atoms with Gasteiger partial charge in [-0.05, 0) is 31.6 Å². The Labute approximate surface area is 122 Å². The third-order valence-electron chi connectivity index (χ3n) is 4.54. The second kappa shape index (κ2) is 6.78. The van der Waals surface area contributed by atoms with Crippen molar-refractivity contribution in [1.29, 1.82) is 0 Å². The molecule has 2 fully saturated rings. The van der Waals surface area contributed by atoms with Crippen molar-refractivity contribution >= 4 is 22.8 Å². The molecule has 1 N–H and O–H groups in total. The number of amidine groups is 1. The summed E-state index contributed by atoms with van der Waals surface area (Å²) in [5.41, 5.74) is 0. The molecular weight excluding hydrogens is 256 g/mol. The molecular formula is C15H28N2OS. The molecule has 2 unspecified atom stereocenters. The summed E-state index contributed by atoms with van der Waals surface area (Å²) in [5, 5.41) is 3.88. The second-order valence-electron chi connectivity index (χ2n) is 5.99. The highest BCUT2D eigenvalue weighted by atomic mass is 32.2. The van der Waals surface area contributed by atoms with Gasteiger partial charge in [0, 0.05) is 1.43 Å². The Morgan fingerprint density at radius 3 is 2.68 bits per heavy atom. The van der Waals surface area contributed by atoms with Crippen LogP contribution < -0.4 is 5.32 Å². The number of amides is 1. The fourth-order valence-corrected chi connectivity index (χ4v) is 4.16. The predicted octanol–water partition coefficient (Wildman–Crippen LogP) is 3.83.